The summed E-state index contributed by atoms with van der Waals surface area (Å²) in [7, 11) is 1.62. The Hall–Kier alpha value is -1.55. The van der Waals surface area contributed by atoms with E-state index < -0.39 is 0 Å². The highest BCUT2D eigenvalue weighted by atomic mass is 35.5. The molecule has 5 heteroatoms. The van der Waals surface area contributed by atoms with Gasteiger partial charge in [-0.2, -0.15) is 0 Å². The van der Waals surface area contributed by atoms with Gasteiger partial charge in [-0.1, -0.05) is 6.07 Å². The molecule has 1 aromatic carbocycles. The molecule has 2 rings (SSSR count). The van der Waals surface area contributed by atoms with Gasteiger partial charge in [0.15, 0.2) is 0 Å². The van der Waals surface area contributed by atoms with Crippen LogP contribution >= 0.6 is 11.6 Å². The zero-order chi connectivity index (χ0) is 13.3. The lowest BCUT2D eigenvalue weighted by atomic mass is 10.2. The molecule has 4 nitrogen and oxygen atoms in total. The van der Waals surface area contributed by atoms with Crippen LogP contribution < -0.4 is 5.32 Å². The number of benzene rings is 1. The third kappa shape index (κ3) is 2.34. The van der Waals surface area contributed by atoms with E-state index >= 15 is 0 Å². The average molecular weight is 266 g/mol. The maximum atomic E-state index is 11.6. The number of amides is 1. The van der Waals surface area contributed by atoms with Gasteiger partial charge in [0.2, 0.25) is 5.91 Å². The first-order valence-corrected chi connectivity index (χ1v) is 6.28. The van der Waals surface area contributed by atoms with E-state index in [4.69, 9.17) is 11.6 Å². The Kier molecular flexibility index (Phi) is 3.57. The number of imidazole rings is 1. The summed E-state index contributed by atoms with van der Waals surface area (Å²) in [5, 5.41) is 2.38. The Morgan fingerprint density at radius 3 is 2.89 bits per heavy atom. The van der Waals surface area contributed by atoms with E-state index in [1.54, 1.807) is 7.05 Å². The highest BCUT2D eigenvalue weighted by molar-refractivity contribution is 6.20. The summed E-state index contributed by atoms with van der Waals surface area (Å²) >= 11 is 6.13. The van der Waals surface area contributed by atoms with Crippen LogP contribution in [0.1, 0.15) is 23.7 Å². The van der Waals surface area contributed by atoms with E-state index in [9.17, 15) is 4.79 Å². The molecule has 1 amide bonds. The van der Waals surface area contributed by atoms with Crippen LogP contribution in [-0.2, 0) is 11.3 Å². The van der Waals surface area contributed by atoms with Crippen molar-refractivity contribution in [3.8, 4) is 0 Å². The van der Waals surface area contributed by atoms with Crippen molar-refractivity contribution in [2.75, 3.05) is 7.05 Å². The first-order chi connectivity index (χ1) is 8.52. The summed E-state index contributed by atoms with van der Waals surface area (Å²) in [5.74, 6) is 0.661. The minimum absolute atomic E-state index is 0.0616. The van der Waals surface area contributed by atoms with Crippen LogP contribution in [0.4, 0.5) is 0 Å². The molecule has 18 heavy (non-hydrogen) atoms. The van der Waals surface area contributed by atoms with E-state index in [0.29, 0.717) is 0 Å². The molecule has 1 atom stereocenters. The molecule has 0 spiro atoms. The minimum atomic E-state index is -0.234. The molecule has 0 aliphatic rings. The number of carbonyl (C=O) groups is 1. The Balaban J connectivity index is 2.59. The number of alkyl halides is 1. The van der Waals surface area contributed by atoms with Gasteiger partial charge in [-0.3, -0.25) is 4.79 Å². The molecule has 0 aliphatic carbocycles. The second-order valence-electron chi connectivity index (χ2n) is 4.34. The standard InChI is InChI=1S/C13H16ClN3O/c1-8-4-5-11-10(6-8)16-13(9(2)14)17(11)7-12(18)15-3/h4-6,9H,7H2,1-3H3,(H,15,18). The first kappa shape index (κ1) is 12.9. The lowest BCUT2D eigenvalue weighted by Crippen LogP contribution is -2.24. The maximum absolute atomic E-state index is 11.6. The second kappa shape index (κ2) is 4.98. The van der Waals surface area contributed by atoms with Gasteiger partial charge in [0, 0.05) is 7.05 Å². The number of aryl methyl sites for hydroxylation is 1. The van der Waals surface area contributed by atoms with Crippen molar-refractivity contribution in [3.63, 3.8) is 0 Å². The Morgan fingerprint density at radius 2 is 2.28 bits per heavy atom. The van der Waals surface area contributed by atoms with Crippen molar-refractivity contribution >= 4 is 28.5 Å². The quantitative estimate of drug-likeness (QED) is 0.867. The Morgan fingerprint density at radius 1 is 1.56 bits per heavy atom. The van der Waals surface area contributed by atoms with E-state index in [-0.39, 0.29) is 17.8 Å². The number of nitrogens with one attached hydrogen (secondary N) is 1. The van der Waals surface area contributed by atoms with Crippen LogP contribution in [0.2, 0.25) is 0 Å². The summed E-state index contributed by atoms with van der Waals surface area (Å²) in [6.45, 7) is 4.11. The Bertz CT molecular complexity index is 589. The fraction of sp³-hybridized carbons (Fsp3) is 0.385. The zero-order valence-corrected chi connectivity index (χ0v) is 11.5. The summed E-state index contributed by atoms with van der Waals surface area (Å²) < 4.78 is 1.87. The van der Waals surface area contributed by atoms with Gasteiger partial charge in [0.05, 0.1) is 16.4 Å². The molecule has 2 aromatic rings. The number of hydrogen-bond acceptors (Lipinski definition) is 2. The fourth-order valence-electron chi connectivity index (χ4n) is 1.95. The normalized spacial score (nSPS) is 12.7. The third-order valence-electron chi connectivity index (χ3n) is 2.87. The van der Waals surface area contributed by atoms with Crippen molar-refractivity contribution in [2.24, 2.45) is 0 Å². The average Bonchev–Trinajstić information content (AvgIpc) is 2.67. The number of aromatic nitrogens is 2. The lowest BCUT2D eigenvalue weighted by Gasteiger charge is -2.09. The second-order valence-corrected chi connectivity index (χ2v) is 4.99. The molecule has 96 valence electrons. The molecular formula is C13H16ClN3O. The summed E-state index contributed by atoms with van der Waals surface area (Å²) in [6, 6.07) is 5.98. The smallest absolute Gasteiger partial charge is 0.239 e. The molecule has 1 N–H and O–H groups in total. The number of rotatable bonds is 3. The number of nitrogens with zero attached hydrogens (tertiary/aromatic N) is 2. The van der Waals surface area contributed by atoms with Crippen molar-refractivity contribution < 1.29 is 4.79 Å². The monoisotopic (exact) mass is 265 g/mol. The van der Waals surface area contributed by atoms with E-state index in [1.807, 2.05) is 36.6 Å². The number of carbonyl (C=O) groups excluding carboxylic acids is 1. The van der Waals surface area contributed by atoms with Gasteiger partial charge in [-0.15, -0.1) is 11.6 Å². The van der Waals surface area contributed by atoms with E-state index in [2.05, 4.69) is 10.3 Å². The summed E-state index contributed by atoms with van der Waals surface area (Å²) in [5.41, 5.74) is 2.95. The largest absolute Gasteiger partial charge is 0.358 e. The highest BCUT2D eigenvalue weighted by Gasteiger charge is 2.16. The van der Waals surface area contributed by atoms with Gasteiger partial charge in [0.25, 0.3) is 0 Å². The van der Waals surface area contributed by atoms with Gasteiger partial charge >= 0.3 is 0 Å². The number of fused-ring (bicyclic) bond motifs is 1. The molecular weight excluding hydrogens is 250 g/mol. The Labute approximate surface area is 111 Å². The highest BCUT2D eigenvalue weighted by Crippen LogP contribution is 2.25. The molecule has 0 saturated heterocycles. The van der Waals surface area contributed by atoms with Gasteiger partial charge < -0.3 is 9.88 Å². The summed E-state index contributed by atoms with van der Waals surface area (Å²) in [6.07, 6.45) is 0. The number of hydrogen-bond donors (Lipinski definition) is 1. The maximum Gasteiger partial charge on any atom is 0.239 e. The van der Waals surface area contributed by atoms with Crippen LogP contribution in [0, 0.1) is 6.92 Å². The van der Waals surface area contributed by atoms with Crippen LogP contribution in [0.25, 0.3) is 11.0 Å². The zero-order valence-electron chi connectivity index (χ0n) is 10.7. The molecule has 1 aromatic heterocycles. The van der Waals surface area contributed by atoms with Crippen LogP contribution in [-0.4, -0.2) is 22.5 Å². The molecule has 0 bridgehead atoms. The van der Waals surface area contributed by atoms with Crippen molar-refractivity contribution in [1.82, 2.24) is 14.9 Å². The predicted molar refractivity (Wildman–Crippen MR) is 72.8 cm³/mol. The topological polar surface area (TPSA) is 46.9 Å². The molecule has 0 aliphatic heterocycles. The fourth-order valence-corrected chi connectivity index (χ4v) is 2.12. The van der Waals surface area contributed by atoms with Gasteiger partial charge in [-0.25, -0.2) is 4.98 Å². The third-order valence-corrected chi connectivity index (χ3v) is 3.06. The summed E-state index contributed by atoms with van der Waals surface area (Å²) in [4.78, 5) is 16.1. The van der Waals surface area contributed by atoms with Crippen LogP contribution in [0.5, 0.6) is 0 Å². The lowest BCUT2D eigenvalue weighted by molar-refractivity contribution is -0.121. The predicted octanol–water partition coefficient (Wildman–Crippen LogP) is 2.39. The van der Waals surface area contributed by atoms with Crippen LogP contribution in [0.3, 0.4) is 0 Å². The SMILES string of the molecule is CNC(=O)Cn1c(C(C)Cl)nc2cc(C)ccc21. The van der Waals surface area contributed by atoms with Crippen molar-refractivity contribution in [3.05, 3.63) is 29.6 Å². The van der Waals surface area contributed by atoms with E-state index in [1.165, 1.54) is 0 Å². The molecule has 0 saturated carbocycles. The van der Waals surface area contributed by atoms with Crippen LogP contribution in [0.15, 0.2) is 18.2 Å². The molecule has 0 fully saturated rings. The van der Waals surface area contributed by atoms with Crippen molar-refractivity contribution in [1.29, 1.82) is 0 Å². The first-order valence-electron chi connectivity index (χ1n) is 5.84. The van der Waals surface area contributed by atoms with Gasteiger partial charge in [0.1, 0.15) is 12.4 Å². The molecule has 1 unspecified atom stereocenters. The number of halogens is 1. The van der Waals surface area contributed by atoms with E-state index in [0.717, 1.165) is 22.4 Å². The van der Waals surface area contributed by atoms with Gasteiger partial charge in [-0.05, 0) is 31.5 Å². The molecule has 1 heterocycles. The minimum Gasteiger partial charge on any atom is -0.358 e. The number of likely N-dealkylation sites (N-methyl/N-ethyl adjacent to an activating group) is 1. The molecule has 0 radical (unpaired) electrons. The van der Waals surface area contributed by atoms with Crippen molar-refractivity contribution in [2.45, 2.75) is 25.8 Å².